The molecule has 11 rings (SSSR count). The molecule has 0 N–H and O–H groups in total. The van der Waals surface area contributed by atoms with E-state index in [0.29, 0.717) is 0 Å². The van der Waals surface area contributed by atoms with E-state index in [1.54, 1.807) is 0 Å². The minimum Gasteiger partial charge on any atom is -0.309 e. The van der Waals surface area contributed by atoms with Gasteiger partial charge in [-0.3, -0.25) is 0 Å². The minimum atomic E-state index is -0.434. The Bertz CT molecular complexity index is 2160. The Balaban J connectivity index is 1.38. The van der Waals surface area contributed by atoms with Crippen molar-refractivity contribution in [3.05, 3.63) is 208 Å². The van der Waals surface area contributed by atoms with Crippen LogP contribution in [-0.2, 0) is 10.8 Å². The number of fused-ring (bicyclic) bond motifs is 18. The smallest absolute Gasteiger partial charge is 0.0754 e. The third-order valence-electron chi connectivity index (χ3n) is 11.1. The molecule has 0 fully saturated rings. The van der Waals surface area contributed by atoms with E-state index in [1.165, 1.54) is 83.8 Å². The molecule has 0 saturated heterocycles. The summed E-state index contributed by atoms with van der Waals surface area (Å²) >= 11 is 0. The summed E-state index contributed by atoms with van der Waals surface area (Å²) in [6.45, 7) is 0. The van der Waals surface area contributed by atoms with Crippen LogP contribution in [0.15, 0.2) is 164 Å². The largest absolute Gasteiger partial charge is 0.309 e. The number of anilines is 3. The molecule has 0 bridgehead atoms. The average molecular weight is 570 g/mol. The first kappa shape index (κ1) is 23.8. The Labute approximate surface area is 262 Å². The average Bonchev–Trinajstić information content (AvgIpc) is 3.57. The van der Waals surface area contributed by atoms with Gasteiger partial charge in [0.2, 0.25) is 0 Å². The topological polar surface area (TPSA) is 3.24 Å². The first-order chi connectivity index (χ1) is 22.4. The fraction of sp³-hybridized carbons (Fsp3) is 0.0455. The van der Waals surface area contributed by atoms with E-state index in [2.05, 4.69) is 169 Å². The molecule has 0 atom stereocenters. The molecule has 1 nitrogen and oxygen atoms in total. The Morgan fingerprint density at radius 1 is 0.267 bits per heavy atom. The molecule has 0 saturated carbocycles. The summed E-state index contributed by atoms with van der Waals surface area (Å²) in [5, 5.41) is 0. The quantitative estimate of drug-likeness (QED) is 0.176. The molecule has 0 aromatic heterocycles. The van der Waals surface area contributed by atoms with Crippen molar-refractivity contribution in [3.8, 4) is 22.3 Å². The Morgan fingerprint density at radius 3 is 0.933 bits per heavy atom. The zero-order valence-corrected chi connectivity index (χ0v) is 24.5. The Kier molecular flexibility index (Phi) is 4.27. The van der Waals surface area contributed by atoms with E-state index in [9.17, 15) is 0 Å². The summed E-state index contributed by atoms with van der Waals surface area (Å²) in [7, 11) is 0. The molecule has 2 aliphatic heterocycles. The van der Waals surface area contributed by atoms with Crippen LogP contribution in [0.3, 0.4) is 0 Å². The number of benzene rings is 7. The van der Waals surface area contributed by atoms with Gasteiger partial charge in [0.05, 0.1) is 27.9 Å². The lowest BCUT2D eigenvalue weighted by atomic mass is 9.59. The maximum Gasteiger partial charge on any atom is 0.0754 e. The summed E-state index contributed by atoms with van der Waals surface area (Å²) in [6, 6.07) is 61.8. The second kappa shape index (κ2) is 8.08. The van der Waals surface area contributed by atoms with E-state index >= 15 is 0 Å². The van der Waals surface area contributed by atoms with Gasteiger partial charge in [0, 0.05) is 0 Å². The van der Waals surface area contributed by atoms with Gasteiger partial charge in [-0.25, -0.2) is 0 Å². The van der Waals surface area contributed by atoms with Gasteiger partial charge in [0.25, 0.3) is 0 Å². The van der Waals surface area contributed by atoms with Crippen LogP contribution in [0.2, 0.25) is 0 Å². The van der Waals surface area contributed by atoms with Crippen molar-refractivity contribution in [1.29, 1.82) is 0 Å². The highest BCUT2D eigenvalue weighted by atomic mass is 15.2. The van der Waals surface area contributed by atoms with Crippen LogP contribution in [0.5, 0.6) is 0 Å². The van der Waals surface area contributed by atoms with Crippen molar-refractivity contribution in [2.24, 2.45) is 0 Å². The third kappa shape index (κ3) is 2.50. The first-order valence-electron chi connectivity index (χ1n) is 15.9. The summed E-state index contributed by atoms with van der Waals surface area (Å²) < 4.78 is 0. The van der Waals surface area contributed by atoms with Crippen LogP contribution < -0.4 is 4.90 Å². The molecule has 2 aliphatic carbocycles. The maximum atomic E-state index is 2.58. The number of hydrogen-bond donors (Lipinski definition) is 0. The predicted molar refractivity (Wildman–Crippen MR) is 183 cm³/mol. The van der Waals surface area contributed by atoms with Gasteiger partial charge < -0.3 is 4.90 Å². The standard InChI is InChI=1S/C44H27N/c1-5-18-32-28(14-1)29-15-2-6-19-33(29)43(32)36-22-9-11-26-40(36)45-41-27-12-10-23-37(41)44(39-25-13-24-38(43)42(39)45)34-20-7-3-16-30(34)31-17-4-8-21-35(31)44/h1-27H. The van der Waals surface area contributed by atoms with Gasteiger partial charge in [-0.05, 0) is 78.9 Å². The molecule has 4 aliphatic rings. The van der Waals surface area contributed by atoms with Gasteiger partial charge in [0.1, 0.15) is 0 Å². The van der Waals surface area contributed by atoms with Crippen LogP contribution in [0.25, 0.3) is 22.3 Å². The normalized spacial score (nSPS) is 15.9. The molecule has 0 amide bonds. The van der Waals surface area contributed by atoms with Crippen molar-refractivity contribution < 1.29 is 0 Å². The first-order valence-corrected chi connectivity index (χ1v) is 15.9. The second-order valence-corrected chi connectivity index (χ2v) is 12.8. The zero-order valence-electron chi connectivity index (χ0n) is 24.5. The van der Waals surface area contributed by atoms with E-state index in [0.717, 1.165) is 0 Å². The lowest BCUT2D eigenvalue weighted by Gasteiger charge is -2.52. The number of para-hydroxylation sites is 3. The number of hydrogen-bond acceptors (Lipinski definition) is 1. The predicted octanol–water partition coefficient (Wildman–Crippen LogP) is 10.5. The van der Waals surface area contributed by atoms with Crippen molar-refractivity contribution in [1.82, 2.24) is 0 Å². The van der Waals surface area contributed by atoms with Gasteiger partial charge in [-0.15, -0.1) is 0 Å². The molecular weight excluding hydrogens is 542 g/mol. The minimum absolute atomic E-state index is 0.434. The van der Waals surface area contributed by atoms with Gasteiger partial charge in [0.15, 0.2) is 0 Å². The van der Waals surface area contributed by atoms with Crippen LogP contribution in [0.4, 0.5) is 17.1 Å². The number of nitrogens with zero attached hydrogens (tertiary/aromatic N) is 1. The van der Waals surface area contributed by atoms with Gasteiger partial charge in [-0.1, -0.05) is 152 Å². The molecule has 45 heavy (non-hydrogen) atoms. The molecule has 0 unspecified atom stereocenters. The summed E-state index contributed by atoms with van der Waals surface area (Å²) in [4.78, 5) is 2.58. The Hall–Kier alpha value is -5.66. The number of rotatable bonds is 0. The lowest BCUT2D eigenvalue weighted by molar-refractivity contribution is 0.708. The van der Waals surface area contributed by atoms with Crippen LogP contribution in [0.1, 0.15) is 44.5 Å². The van der Waals surface area contributed by atoms with Crippen LogP contribution in [0, 0.1) is 0 Å². The van der Waals surface area contributed by atoms with Crippen molar-refractivity contribution in [2.75, 3.05) is 4.90 Å². The fourth-order valence-corrected chi connectivity index (χ4v) is 9.65. The summed E-state index contributed by atoms with van der Waals surface area (Å²) in [5.41, 5.74) is 19.1. The molecule has 2 heterocycles. The molecule has 2 spiro atoms. The monoisotopic (exact) mass is 569 g/mol. The molecule has 1 heteroatoms. The van der Waals surface area contributed by atoms with E-state index in [4.69, 9.17) is 0 Å². The SMILES string of the molecule is c1ccc2c(c1)-c1ccccc1C21c2ccccc2N2c3ccccc3C3(c4ccccc4-c4ccccc43)c3cccc1c32. The lowest BCUT2D eigenvalue weighted by Crippen LogP contribution is -2.42. The second-order valence-electron chi connectivity index (χ2n) is 12.8. The molecule has 7 aromatic rings. The molecule has 7 aromatic carbocycles. The van der Waals surface area contributed by atoms with Crippen molar-refractivity contribution in [2.45, 2.75) is 10.8 Å². The summed E-state index contributed by atoms with van der Waals surface area (Å²) in [6.07, 6.45) is 0. The molecule has 208 valence electrons. The maximum absolute atomic E-state index is 2.58. The van der Waals surface area contributed by atoms with Crippen LogP contribution in [-0.4, -0.2) is 0 Å². The molecular formula is C44H27N. The summed E-state index contributed by atoms with van der Waals surface area (Å²) in [5.74, 6) is 0. The van der Waals surface area contributed by atoms with Crippen molar-refractivity contribution in [3.63, 3.8) is 0 Å². The van der Waals surface area contributed by atoms with Crippen molar-refractivity contribution >= 4 is 17.1 Å². The molecule has 0 radical (unpaired) electrons. The van der Waals surface area contributed by atoms with E-state index in [-0.39, 0.29) is 0 Å². The van der Waals surface area contributed by atoms with E-state index < -0.39 is 10.8 Å². The van der Waals surface area contributed by atoms with E-state index in [1.807, 2.05) is 0 Å². The van der Waals surface area contributed by atoms with Crippen LogP contribution >= 0.6 is 0 Å². The highest BCUT2D eigenvalue weighted by molar-refractivity contribution is 6.02. The zero-order chi connectivity index (χ0) is 29.3. The Morgan fingerprint density at radius 2 is 0.556 bits per heavy atom. The third-order valence-corrected chi connectivity index (χ3v) is 11.1. The van der Waals surface area contributed by atoms with Gasteiger partial charge in [-0.2, -0.15) is 0 Å². The highest BCUT2D eigenvalue weighted by Gasteiger charge is 2.57. The highest BCUT2D eigenvalue weighted by Crippen LogP contribution is 2.69. The fourth-order valence-electron chi connectivity index (χ4n) is 9.65. The van der Waals surface area contributed by atoms with Gasteiger partial charge >= 0.3 is 0 Å².